The molecule has 0 saturated heterocycles. The number of nitrogens with one attached hydrogen (secondary N) is 2. The first kappa shape index (κ1) is 24.6. The minimum atomic E-state index is -3.53. The second-order valence-corrected chi connectivity index (χ2v) is 12.2. The smallest absolute Gasteiger partial charge is 0.245 e. The zero-order valence-corrected chi connectivity index (χ0v) is 20.4. The van der Waals surface area contributed by atoms with Gasteiger partial charge in [0.2, 0.25) is 5.95 Å². The molecule has 3 aromatic rings. The first-order chi connectivity index (χ1) is 15.5. The molecule has 0 aliphatic carbocycles. The Hall–Kier alpha value is -3.02. The van der Waals surface area contributed by atoms with Gasteiger partial charge in [-0.3, -0.25) is 0 Å². The summed E-state index contributed by atoms with van der Waals surface area (Å²) in [6, 6.07) is 12.7. The van der Waals surface area contributed by atoms with E-state index in [2.05, 4.69) is 25.8 Å². The Labute approximate surface area is 197 Å². The monoisotopic (exact) mass is 507 g/mol. The predicted octanol–water partition coefficient (Wildman–Crippen LogP) is 3.91. The predicted molar refractivity (Wildman–Crippen MR) is 130 cm³/mol. The van der Waals surface area contributed by atoms with Crippen LogP contribution >= 0.6 is 11.6 Å². The lowest BCUT2D eigenvalue weighted by molar-refractivity contribution is 0.587. The second kappa shape index (κ2) is 9.86. The number of sulfone groups is 2. The van der Waals surface area contributed by atoms with Crippen LogP contribution < -0.4 is 10.7 Å². The molecule has 2 aromatic carbocycles. The maximum Gasteiger partial charge on any atom is 0.245 e. The van der Waals surface area contributed by atoms with Gasteiger partial charge in [-0.05, 0) is 43.7 Å². The quantitative estimate of drug-likeness (QED) is 0.346. The molecule has 0 spiro atoms. The van der Waals surface area contributed by atoms with Gasteiger partial charge in [0.1, 0.15) is 5.02 Å². The highest BCUT2D eigenvalue weighted by molar-refractivity contribution is 7.92. The summed E-state index contributed by atoms with van der Waals surface area (Å²) in [7, 11) is -6.81. The van der Waals surface area contributed by atoms with Gasteiger partial charge < -0.3 is 5.32 Å². The first-order valence-electron chi connectivity index (χ1n) is 9.70. The molecule has 33 heavy (non-hydrogen) atoms. The third-order valence-corrected chi connectivity index (χ3v) is 8.11. The Morgan fingerprint density at radius 3 is 2.33 bits per heavy atom. The zero-order chi connectivity index (χ0) is 24.2. The van der Waals surface area contributed by atoms with Gasteiger partial charge in [0.15, 0.2) is 25.5 Å². The van der Waals surface area contributed by atoms with Gasteiger partial charge in [-0.1, -0.05) is 35.9 Å². The van der Waals surface area contributed by atoms with Crippen molar-refractivity contribution in [1.82, 2.24) is 9.97 Å². The molecule has 3 rings (SSSR count). The van der Waals surface area contributed by atoms with Gasteiger partial charge in [-0.25, -0.2) is 27.2 Å². The Morgan fingerprint density at radius 2 is 1.70 bits per heavy atom. The van der Waals surface area contributed by atoms with E-state index in [1.165, 1.54) is 30.6 Å². The summed E-state index contributed by atoms with van der Waals surface area (Å²) in [6.07, 6.45) is 3.97. The van der Waals surface area contributed by atoms with Crippen molar-refractivity contribution in [2.75, 3.05) is 17.0 Å². The van der Waals surface area contributed by atoms with Crippen LogP contribution in [0, 0.1) is 0 Å². The summed E-state index contributed by atoms with van der Waals surface area (Å²) in [4.78, 5) is 8.66. The molecule has 0 bridgehead atoms. The van der Waals surface area contributed by atoms with Gasteiger partial charge in [-0.2, -0.15) is 10.1 Å². The lowest BCUT2D eigenvalue weighted by atomic mass is 10.2. The molecule has 2 N–H and O–H groups in total. The Bertz CT molecular complexity index is 1390. The number of halogens is 1. The van der Waals surface area contributed by atoms with Crippen LogP contribution in [0.4, 0.5) is 17.5 Å². The third-order valence-electron chi connectivity index (χ3n) is 4.50. The van der Waals surface area contributed by atoms with E-state index in [0.29, 0.717) is 11.3 Å². The number of hydrogen-bond acceptors (Lipinski definition) is 9. The number of aromatic nitrogens is 2. The van der Waals surface area contributed by atoms with Crippen LogP contribution in [0.2, 0.25) is 5.02 Å². The standard InChI is InChI=1S/C21H22ClN5O4S2/c1-14(2)33(30,31)19-7-5-4-6-18(19)25-20-17(22)13-23-21(26-20)27-24-12-15-8-10-16(11-9-15)32(3,28)29/h4-14H,1-3H3,(H2,23,25,26,27)/b24-12+. The van der Waals surface area contributed by atoms with Crippen molar-refractivity contribution in [2.24, 2.45) is 5.10 Å². The summed E-state index contributed by atoms with van der Waals surface area (Å²) >= 11 is 6.20. The Kier molecular flexibility index (Phi) is 7.35. The lowest BCUT2D eigenvalue weighted by Crippen LogP contribution is -2.15. The molecule has 1 heterocycles. The first-order valence-corrected chi connectivity index (χ1v) is 13.5. The fourth-order valence-corrected chi connectivity index (χ4v) is 4.64. The van der Waals surface area contributed by atoms with Crippen LogP contribution in [0.25, 0.3) is 0 Å². The van der Waals surface area contributed by atoms with Crippen LogP contribution in [-0.4, -0.2) is 44.5 Å². The van der Waals surface area contributed by atoms with Crippen molar-refractivity contribution in [3.8, 4) is 0 Å². The van der Waals surface area contributed by atoms with E-state index in [4.69, 9.17) is 11.6 Å². The number of hydrogen-bond donors (Lipinski definition) is 2. The Balaban J connectivity index is 1.79. The van der Waals surface area contributed by atoms with Crippen molar-refractivity contribution < 1.29 is 16.8 Å². The summed E-state index contributed by atoms with van der Waals surface area (Å²) in [5, 5.41) is 6.60. The lowest BCUT2D eigenvalue weighted by Gasteiger charge is -2.15. The number of nitrogens with zero attached hydrogens (tertiary/aromatic N) is 3. The summed E-state index contributed by atoms with van der Waals surface area (Å²) in [5.41, 5.74) is 3.67. The van der Waals surface area contributed by atoms with Crippen molar-refractivity contribution in [2.45, 2.75) is 28.9 Å². The number of para-hydroxylation sites is 1. The van der Waals surface area contributed by atoms with Gasteiger partial charge in [0.25, 0.3) is 0 Å². The molecular weight excluding hydrogens is 486 g/mol. The van der Waals surface area contributed by atoms with E-state index in [1.54, 1.807) is 44.2 Å². The van der Waals surface area contributed by atoms with Crippen molar-refractivity contribution in [1.29, 1.82) is 0 Å². The number of hydrazone groups is 1. The van der Waals surface area contributed by atoms with Crippen LogP contribution in [0.1, 0.15) is 19.4 Å². The van der Waals surface area contributed by atoms with E-state index in [0.717, 1.165) is 6.26 Å². The van der Waals surface area contributed by atoms with Crippen LogP contribution in [0.15, 0.2) is 69.6 Å². The molecule has 0 amide bonds. The van der Waals surface area contributed by atoms with Crippen LogP contribution in [0.3, 0.4) is 0 Å². The average molecular weight is 508 g/mol. The molecule has 0 saturated carbocycles. The molecule has 9 nitrogen and oxygen atoms in total. The molecule has 12 heteroatoms. The third kappa shape index (κ3) is 6.06. The molecule has 0 aliphatic rings. The molecule has 0 atom stereocenters. The van der Waals surface area contributed by atoms with E-state index in [1.807, 2.05) is 0 Å². The highest BCUT2D eigenvalue weighted by atomic mass is 35.5. The maximum atomic E-state index is 12.7. The molecule has 1 aromatic heterocycles. The second-order valence-electron chi connectivity index (χ2n) is 7.32. The fourth-order valence-electron chi connectivity index (χ4n) is 2.67. The molecule has 0 aliphatic heterocycles. The summed E-state index contributed by atoms with van der Waals surface area (Å²) in [6.45, 7) is 3.22. The summed E-state index contributed by atoms with van der Waals surface area (Å²) in [5.74, 6) is 0.323. The van der Waals surface area contributed by atoms with Crippen LogP contribution in [-0.2, 0) is 19.7 Å². The highest BCUT2D eigenvalue weighted by Gasteiger charge is 2.23. The summed E-state index contributed by atoms with van der Waals surface area (Å²) < 4.78 is 48.4. The van der Waals surface area contributed by atoms with Crippen molar-refractivity contribution >= 4 is 54.9 Å². The van der Waals surface area contributed by atoms with E-state index in [9.17, 15) is 16.8 Å². The molecular formula is C21H22ClN5O4S2. The maximum absolute atomic E-state index is 12.7. The van der Waals surface area contributed by atoms with Gasteiger partial charge in [-0.15, -0.1) is 0 Å². The minimum absolute atomic E-state index is 0.120. The largest absolute Gasteiger partial charge is 0.338 e. The topological polar surface area (TPSA) is 130 Å². The molecule has 0 unspecified atom stereocenters. The number of anilines is 3. The number of rotatable bonds is 8. The van der Waals surface area contributed by atoms with E-state index in [-0.39, 0.29) is 26.6 Å². The Morgan fingerprint density at radius 1 is 1.03 bits per heavy atom. The fraction of sp³-hybridized carbons (Fsp3) is 0.190. The van der Waals surface area contributed by atoms with E-state index >= 15 is 0 Å². The SMILES string of the molecule is CC(C)S(=O)(=O)c1ccccc1Nc1nc(N/N=C/c2ccc(S(C)(=O)=O)cc2)ncc1Cl. The molecule has 0 radical (unpaired) electrons. The minimum Gasteiger partial charge on any atom is -0.338 e. The highest BCUT2D eigenvalue weighted by Crippen LogP contribution is 2.30. The van der Waals surface area contributed by atoms with Gasteiger partial charge >= 0.3 is 0 Å². The zero-order valence-electron chi connectivity index (χ0n) is 18.0. The average Bonchev–Trinajstić information content (AvgIpc) is 2.76. The normalized spacial score (nSPS) is 12.3. The molecule has 0 fully saturated rings. The molecule has 174 valence electrons. The number of benzene rings is 2. The van der Waals surface area contributed by atoms with E-state index < -0.39 is 24.9 Å². The van der Waals surface area contributed by atoms with Gasteiger partial charge in [0, 0.05) is 6.26 Å². The van der Waals surface area contributed by atoms with Gasteiger partial charge in [0.05, 0.1) is 33.1 Å². The van der Waals surface area contributed by atoms with Crippen molar-refractivity contribution in [3.05, 3.63) is 65.3 Å². The van der Waals surface area contributed by atoms with Crippen LogP contribution in [0.5, 0.6) is 0 Å². The van der Waals surface area contributed by atoms with Crippen molar-refractivity contribution in [3.63, 3.8) is 0 Å².